The minimum atomic E-state index is -0.953. The Morgan fingerprint density at radius 1 is 1.62 bits per heavy atom. The van der Waals surface area contributed by atoms with E-state index in [1.165, 1.54) is 7.11 Å². The molecule has 2 heterocycles. The molecule has 1 aliphatic carbocycles. The molecule has 1 saturated carbocycles. The number of carbonyl (C=O) groups is 2. The minimum Gasteiger partial charge on any atom is -0.467 e. The molecule has 3 rings (SSSR count). The molecule has 0 bridgehead atoms. The molecule has 0 aromatic heterocycles. The van der Waals surface area contributed by atoms with Gasteiger partial charge in [0, 0.05) is 11.8 Å². The van der Waals surface area contributed by atoms with Crippen molar-refractivity contribution < 1.29 is 19.1 Å². The summed E-state index contributed by atoms with van der Waals surface area (Å²) in [6.45, 7) is 0.767. The fourth-order valence-electron chi connectivity index (χ4n) is 3.19. The molecule has 0 unspecified atom stereocenters. The van der Waals surface area contributed by atoms with Gasteiger partial charge in [0.25, 0.3) is 0 Å². The van der Waals surface area contributed by atoms with Crippen molar-refractivity contribution in [2.75, 3.05) is 20.3 Å². The number of esters is 2. The Balaban J connectivity index is 2.03. The second-order valence-corrected chi connectivity index (χ2v) is 4.52. The summed E-state index contributed by atoms with van der Waals surface area (Å²) in [7, 11) is 1.34. The summed E-state index contributed by atoms with van der Waals surface area (Å²) in [5, 5.41) is 8.05. The lowest BCUT2D eigenvalue weighted by Crippen LogP contribution is -2.46. The van der Waals surface area contributed by atoms with Crippen LogP contribution in [-0.4, -0.2) is 37.7 Å². The molecule has 0 N–H and O–H groups in total. The summed E-state index contributed by atoms with van der Waals surface area (Å²) in [6.07, 6.45) is 0.631. The predicted molar refractivity (Wildman–Crippen MR) is 50.5 cm³/mol. The first-order chi connectivity index (χ1) is 7.70. The fraction of sp³-hybridized carbons (Fsp3) is 0.800. The first-order valence-corrected chi connectivity index (χ1v) is 5.34. The van der Waals surface area contributed by atoms with Crippen LogP contribution in [0.5, 0.6) is 0 Å². The van der Waals surface area contributed by atoms with Crippen molar-refractivity contribution in [2.24, 2.45) is 28.0 Å². The SMILES string of the molecule is COC(=O)[C@@]12N=NC[C@H]1C[C@@H]1C(=O)OC[C@@H]12. The lowest BCUT2D eigenvalue weighted by atomic mass is 9.81. The number of rotatable bonds is 1. The highest BCUT2D eigenvalue weighted by Gasteiger charge is 2.67. The van der Waals surface area contributed by atoms with E-state index < -0.39 is 5.54 Å². The van der Waals surface area contributed by atoms with Crippen LogP contribution < -0.4 is 0 Å². The molecule has 0 radical (unpaired) electrons. The van der Waals surface area contributed by atoms with Gasteiger partial charge in [-0.2, -0.15) is 10.2 Å². The monoisotopic (exact) mass is 224 g/mol. The molecule has 6 nitrogen and oxygen atoms in total. The number of hydrogen-bond acceptors (Lipinski definition) is 6. The number of cyclic esters (lactones) is 1. The van der Waals surface area contributed by atoms with Gasteiger partial charge in [-0.1, -0.05) is 0 Å². The van der Waals surface area contributed by atoms with Gasteiger partial charge >= 0.3 is 11.9 Å². The lowest BCUT2D eigenvalue weighted by Gasteiger charge is -2.26. The number of fused-ring (bicyclic) bond motifs is 3. The maximum atomic E-state index is 11.9. The second-order valence-electron chi connectivity index (χ2n) is 4.52. The molecular formula is C10H12N2O4. The number of carbonyl (C=O) groups excluding carboxylic acids is 2. The summed E-state index contributed by atoms with van der Waals surface area (Å²) >= 11 is 0. The van der Waals surface area contributed by atoms with Gasteiger partial charge in [0.15, 0.2) is 5.54 Å². The molecule has 3 aliphatic rings. The van der Waals surface area contributed by atoms with Crippen LogP contribution in [0.4, 0.5) is 0 Å². The first-order valence-electron chi connectivity index (χ1n) is 5.34. The number of hydrogen-bond donors (Lipinski definition) is 0. The van der Waals surface area contributed by atoms with Crippen LogP contribution in [0.1, 0.15) is 6.42 Å². The number of ether oxygens (including phenoxy) is 2. The van der Waals surface area contributed by atoms with E-state index in [0.717, 1.165) is 0 Å². The molecule has 0 aromatic carbocycles. The second kappa shape index (κ2) is 3.02. The Labute approximate surface area is 92.0 Å². The van der Waals surface area contributed by atoms with E-state index in [-0.39, 0.29) is 36.3 Å². The molecule has 2 aliphatic heterocycles. The zero-order valence-corrected chi connectivity index (χ0v) is 8.88. The van der Waals surface area contributed by atoms with E-state index in [2.05, 4.69) is 10.2 Å². The highest BCUT2D eigenvalue weighted by Crippen LogP contribution is 2.53. The predicted octanol–water partition coefficient (Wildman–Crippen LogP) is 0.173. The zero-order chi connectivity index (χ0) is 11.3. The standard InChI is InChI=1S/C10H12N2O4/c1-15-9(14)10-5(3-11-12-10)2-6-7(10)4-16-8(6)13/h5-7H,2-4H2,1H3/t5-,6+,7+,10-/m1/s1. The maximum absolute atomic E-state index is 11.9. The molecule has 0 spiro atoms. The van der Waals surface area contributed by atoms with Crippen LogP contribution >= 0.6 is 0 Å². The van der Waals surface area contributed by atoms with E-state index in [4.69, 9.17) is 9.47 Å². The van der Waals surface area contributed by atoms with Gasteiger partial charge in [-0.15, -0.1) is 0 Å². The normalized spacial score (nSPS) is 44.1. The molecule has 1 saturated heterocycles. The van der Waals surface area contributed by atoms with Crippen molar-refractivity contribution in [3.8, 4) is 0 Å². The van der Waals surface area contributed by atoms with E-state index in [0.29, 0.717) is 13.0 Å². The quantitative estimate of drug-likeness (QED) is 0.595. The molecule has 0 amide bonds. The smallest absolute Gasteiger partial charge is 0.336 e. The highest BCUT2D eigenvalue weighted by molar-refractivity contribution is 5.87. The van der Waals surface area contributed by atoms with Crippen molar-refractivity contribution in [3.63, 3.8) is 0 Å². The summed E-state index contributed by atoms with van der Waals surface area (Å²) in [5.41, 5.74) is -0.953. The number of nitrogens with zero attached hydrogens (tertiary/aromatic N) is 2. The fourth-order valence-corrected chi connectivity index (χ4v) is 3.19. The van der Waals surface area contributed by atoms with Crippen LogP contribution in [0.2, 0.25) is 0 Å². The largest absolute Gasteiger partial charge is 0.467 e. The van der Waals surface area contributed by atoms with Gasteiger partial charge in [0.05, 0.1) is 26.2 Å². The molecule has 86 valence electrons. The first kappa shape index (κ1) is 9.74. The Hall–Kier alpha value is -1.46. The average molecular weight is 224 g/mol. The highest BCUT2D eigenvalue weighted by atomic mass is 16.5. The van der Waals surface area contributed by atoms with E-state index >= 15 is 0 Å². The Morgan fingerprint density at radius 2 is 2.44 bits per heavy atom. The molecule has 16 heavy (non-hydrogen) atoms. The Bertz CT molecular complexity index is 394. The van der Waals surface area contributed by atoms with Crippen LogP contribution in [0, 0.1) is 17.8 Å². The van der Waals surface area contributed by atoms with Gasteiger partial charge in [0.1, 0.15) is 0 Å². The van der Waals surface area contributed by atoms with Gasteiger partial charge in [-0.05, 0) is 6.42 Å². The van der Waals surface area contributed by atoms with Crippen molar-refractivity contribution in [1.29, 1.82) is 0 Å². The molecule has 4 atom stereocenters. The maximum Gasteiger partial charge on any atom is 0.336 e. The summed E-state index contributed by atoms with van der Waals surface area (Å²) in [5.74, 6) is -0.989. The molecule has 0 aromatic rings. The van der Waals surface area contributed by atoms with Gasteiger partial charge < -0.3 is 9.47 Å². The van der Waals surface area contributed by atoms with Crippen LogP contribution in [0.25, 0.3) is 0 Å². The minimum absolute atomic E-state index is 0.00259. The number of methoxy groups -OCH3 is 1. The van der Waals surface area contributed by atoms with Crippen molar-refractivity contribution >= 4 is 11.9 Å². The van der Waals surface area contributed by atoms with E-state index in [1.54, 1.807) is 0 Å². The van der Waals surface area contributed by atoms with Crippen molar-refractivity contribution in [1.82, 2.24) is 0 Å². The third-order valence-electron chi connectivity index (χ3n) is 3.97. The van der Waals surface area contributed by atoms with Crippen LogP contribution in [0.3, 0.4) is 0 Å². The molecule has 6 heteroatoms. The number of azo groups is 1. The van der Waals surface area contributed by atoms with Gasteiger partial charge in [0.2, 0.25) is 0 Å². The van der Waals surface area contributed by atoms with Gasteiger partial charge in [-0.3, -0.25) is 4.79 Å². The third kappa shape index (κ3) is 0.923. The summed E-state index contributed by atoms with van der Waals surface area (Å²) < 4.78 is 9.82. The third-order valence-corrected chi connectivity index (χ3v) is 3.97. The molecular weight excluding hydrogens is 212 g/mol. The Kier molecular flexibility index (Phi) is 1.84. The van der Waals surface area contributed by atoms with Crippen LogP contribution in [-0.2, 0) is 19.1 Å². The topological polar surface area (TPSA) is 77.3 Å². The lowest BCUT2D eigenvalue weighted by molar-refractivity contribution is -0.150. The Morgan fingerprint density at radius 3 is 3.19 bits per heavy atom. The van der Waals surface area contributed by atoms with E-state index in [1.807, 2.05) is 0 Å². The molecule has 2 fully saturated rings. The summed E-state index contributed by atoms with van der Waals surface area (Å²) in [4.78, 5) is 23.4. The van der Waals surface area contributed by atoms with Gasteiger partial charge in [-0.25, -0.2) is 4.79 Å². The summed E-state index contributed by atoms with van der Waals surface area (Å²) in [6, 6.07) is 0. The van der Waals surface area contributed by atoms with Crippen molar-refractivity contribution in [2.45, 2.75) is 12.0 Å². The van der Waals surface area contributed by atoms with Crippen LogP contribution in [0.15, 0.2) is 10.2 Å². The zero-order valence-electron chi connectivity index (χ0n) is 8.88. The average Bonchev–Trinajstić information content (AvgIpc) is 2.90. The van der Waals surface area contributed by atoms with Crippen molar-refractivity contribution in [3.05, 3.63) is 0 Å². The van der Waals surface area contributed by atoms with E-state index in [9.17, 15) is 9.59 Å².